The monoisotopic (exact) mass is 237 g/mol. The van der Waals surface area contributed by atoms with E-state index in [-0.39, 0.29) is 0 Å². The average molecular weight is 237 g/mol. The highest BCUT2D eigenvalue weighted by atomic mass is 15.2. The van der Waals surface area contributed by atoms with E-state index in [1.165, 1.54) is 5.56 Å². The second kappa shape index (κ2) is 4.18. The number of nitrogen functional groups attached to an aromatic ring is 1. The molecule has 0 radical (unpaired) electrons. The number of hydrogen-bond acceptors (Lipinski definition) is 2. The minimum Gasteiger partial charge on any atom is -0.398 e. The van der Waals surface area contributed by atoms with E-state index in [1.807, 2.05) is 36.1 Å². The van der Waals surface area contributed by atoms with Crippen molar-refractivity contribution in [3.05, 3.63) is 59.8 Å². The summed E-state index contributed by atoms with van der Waals surface area (Å²) in [5.74, 6) is 0. The van der Waals surface area contributed by atoms with Crippen LogP contribution in [0.3, 0.4) is 0 Å². The number of nitrogens with two attached hydrogens (primary N) is 1. The van der Waals surface area contributed by atoms with Crippen molar-refractivity contribution in [2.45, 2.75) is 6.42 Å². The summed E-state index contributed by atoms with van der Waals surface area (Å²) in [7, 11) is 1.95. The highest BCUT2D eigenvalue weighted by molar-refractivity contribution is 5.87. The lowest BCUT2D eigenvalue weighted by atomic mass is 10.00. The Balaban J connectivity index is 2.13. The lowest BCUT2D eigenvalue weighted by Crippen LogP contribution is -1.97. The van der Waals surface area contributed by atoms with Crippen LogP contribution in [-0.4, -0.2) is 9.78 Å². The SMILES string of the molecule is Cn1ncc2c(Cc3ccccc3)c(N)ccc21. The number of anilines is 1. The van der Waals surface area contributed by atoms with Gasteiger partial charge in [0.15, 0.2) is 0 Å². The Morgan fingerprint density at radius 3 is 2.67 bits per heavy atom. The van der Waals surface area contributed by atoms with Crippen molar-refractivity contribution in [3.8, 4) is 0 Å². The van der Waals surface area contributed by atoms with Crippen LogP contribution in [0.5, 0.6) is 0 Å². The molecule has 3 rings (SSSR count). The molecule has 2 aromatic carbocycles. The summed E-state index contributed by atoms with van der Waals surface area (Å²) in [5, 5.41) is 5.44. The van der Waals surface area contributed by atoms with E-state index in [1.54, 1.807) is 0 Å². The van der Waals surface area contributed by atoms with Crippen molar-refractivity contribution < 1.29 is 0 Å². The highest BCUT2D eigenvalue weighted by Gasteiger charge is 2.09. The maximum absolute atomic E-state index is 6.11. The summed E-state index contributed by atoms with van der Waals surface area (Å²) < 4.78 is 1.88. The lowest BCUT2D eigenvalue weighted by molar-refractivity contribution is 0.797. The zero-order valence-corrected chi connectivity index (χ0v) is 10.3. The molecule has 0 aliphatic carbocycles. The van der Waals surface area contributed by atoms with E-state index in [9.17, 15) is 0 Å². The predicted octanol–water partition coefficient (Wildman–Crippen LogP) is 2.75. The second-order valence-electron chi connectivity index (χ2n) is 4.50. The van der Waals surface area contributed by atoms with Crippen molar-refractivity contribution in [2.75, 3.05) is 5.73 Å². The number of rotatable bonds is 2. The van der Waals surface area contributed by atoms with Crippen LogP contribution >= 0.6 is 0 Å². The molecule has 0 aliphatic rings. The normalized spacial score (nSPS) is 10.9. The summed E-state index contributed by atoms with van der Waals surface area (Å²) in [6, 6.07) is 14.3. The highest BCUT2D eigenvalue weighted by Crippen LogP contribution is 2.26. The molecule has 0 saturated carbocycles. The zero-order chi connectivity index (χ0) is 12.5. The van der Waals surface area contributed by atoms with Crippen LogP contribution in [0.1, 0.15) is 11.1 Å². The molecule has 3 heteroatoms. The first-order valence-electron chi connectivity index (χ1n) is 5.98. The van der Waals surface area contributed by atoms with Crippen LogP contribution in [0.2, 0.25) is 0 Å². The van der Waals surface area contributed by atoms with Gasteiger partial charge in [-0.1, -0.05) is 30.3 Å². The predicted molar refractivity (Wildman–Crippen MR) is 74.4 cm³/mol. The number of aryl methyl sites for hydroxylation is 1. The number of hydrogen-bond donors (Lipinski definition) is 1. The maximum Gasteiger partial charge on any atom is 0.0683 e. The molecule has 0 unspecified atom stereocenters. The van der Waals surface area contributed by atoms with Crippen LogP contribution < -0.4 is 5.73 Å². The molecule has 0 atom stereocenters. The molecule has 0 bridgehead atoms. The topological polar surface area (TPSA) is 43.8 Å². The first kappa shape index (κ1) is 10.8. The Hall–Kier alpha value is -2.29. The van der Waals surface area contributed by atoms with Gasteiger partial charge in [0.25, 0.3) is 0 Å². The van der Waals surface area contributed by atoms with Crippen LogP contribution in [0.4, 0.5) is 5.69 Å². The van der Waals surface area contributed by atoms with Gasteiger partial charge in [0.05, 0.1) is 11.7 Å². The molecule has 0 spiro atoms. The molecule has 0 aliphatic heterocycles. The smallest absolute Gasteiger partial charge is 0.0683 e. The number of aromatic nitrogens is 2. The van der Waals surface area contributed by atoms with E-state index >= 15 is 0 Å². The number of fused-ring (bicyclic) bond motifs is 1. The van der Waals surface area contributed by atoms with Crippen molar-refractivity contribution in [2.24, 2.45) is 7.05 Å². The molecular formula is C15H15N3. The molecular weight excluding hydrogens is 222 g/mol. The third-order valence-corrected chi connectivity index (χ3v) is 3.30. The Labute approximate surface area is 106 Å². The van der Waals surface area contributed by atoms with Crippen LogP contribution in [-0.2, 0) is 13.5 Å². The van der Waals surface area contributed by atoms with Gasteiger partial charge in [-0.25, -0.2) is 0 Å². The Morgan fingerprint density at radius 2 is 1.89 bits per heavy atom. The fourth-order valence-corrected chi connectivity index (χ4v) is 2.30. The Morgan fingerprint density at radius 1 is 1.11 bits per heavy atom. The van der Waals surface area contributed by atoms with E-state index in [2.05, 4.69) is 29.4 Å². The summed E-state index contributed by atoms with van der Waals surface area (Å²) in [4.78, 5) is 0. The van der Waals surface area contributed by atoms with E-state index in [0.717, 1.165) is 28.6 Å². The maximum atomic E-state index is 6.11. The fourth-order valence-electron chi connectivity index (χ4n) is 2.30. The van der Waals surface area contributed by atoms with Gasteiger partial charge in [-0.15, -0.1) is 0 Å². The molecule has 3 aromatic rings. The summed E-state index contributed by atoms with van der Waals surface area (Å²) in [6.45, 7) is 0. The Kier molecular flexibility index (Phi) is 2.52. The summed E-state index contributed by atoms with van der Waals surface area (Å²) in [6.07, 6.45) is 2.74. The summed E-state index contributed by atoms with van der Waals surface area (Å²) >= 11 is 0. The molecule has 18 heavy (non-hydrogen) atoms. The third kappa shape index (κ3) is 1.74. The van der Waals surface area contributed by atoms with Gasteiger partial charge in [-0.05, 0) is 23.3 Å². The molecule has 2 N–H and O–H groups in total. The van der Waals surface area contributed by atoms with Gasteiger partial charge in [0.1, 0.15) is 0 Å². The average Bonchev–Trinajstić information content (AvgIpc) is 2.76. The van der Waals surface area contributed by atoms with Gasteiger partial charge in [-0.3, -0.25) is 4.68 Å². The molecule has 1 heterocycles. The second-order valence-corrected chi connectivity index (χ2v) is 4.50. The molecule has 1 aromatic heterocycles. The van der Waals surface area contributed by atoms with Gasteiger partial charge < -0.3 is 5.73 Å². The van der Waals surface area contributed by atoms with Crippen molar-refractivity contribution in [3.63, 3.8) is 0 Å². The molecule has 90 valence electrons. The van der Waals surface area contributed by atoms with Crippen LogP contribution in [0, 0.1) is 0 Å². The standard InChI is InChI=1S/C15H15N3/c1-18-15-8-7-14(16)12(13(15)10-17-18)9-11-5-3-2-4-6-11/h2-8,10H,9,16H2,1H3. The van der Waals surface area contributed by atoms with E-state index < -0.39 is 0 Å². The van der Waals surface area contributed by atoms with Gasteiger partial charge >= 0.3 is 0 Å². The summed E-state index contributed by atoms with van der Waals surface area (Å²) in [5.41, 5.74) is 10.5. The van der Waals surface area contributed by atoms with E-state index in [0.29, 0.717) is 0 Å². The first-order valence-corrected chi connectivity index (χ1v) is 5.98. The fraction of sp³-hybridized carbons (Fsp3) is 0.133. The van der Waals surface area contributed by atoms with E-state index in [4.69, 9.17) is 5.73 Å². The third-order valence-electron chi connectivity index (χ3n) is 3.30. The van der Waals surface area contributed by atoms with Gasteiger partial charge in [-0.2, -0.15) is 5.10 Å². The Bertz CT molecular complexity index is 684. The largest absolute Gasteiger partial charge is 0.398 e. The molecule has 0 fully saturated rings. The van der Waals surface area contributed by atoms with Crippen molar-refractivity contribution in [1.29, 1.82) is 0 Å². The van der Waals surface area contributed by atoms with Gasteiger partial charge in [0.2, 0.25) is 0 Å². The lowest BCUT2D eigenvalue weighted by Gasteiger charge is -2.07. The quantitative estimate of drug-likeness (QED) is 0.696. The molecule has 0 saturated heterocycles. The number of nitrogens with zero attached hydrogens (tertiary/aromatic N) is 2. The van der Waals surface area contributed by atoms with Crippen molar-refractivity contribution in [1.82, 2.24) is 9.78 Å². The number of benzene rings is 2. The molecule has 3 nitrogen and oxygen atoms in total. The van der Waals surface area contributed by atoms with Gasteiger partial charge in [0, 0.05) is 24.5 Å². The molecule has 0 amide bonds. The zero-order valence-electron chi connectivity index (χ0n) is 10.3. The van der Waals surface area contributed by atoms with Crippen molar-refractivity contribution >= 4 is 16.6 Å². The minimum atomic E-state index is 0.833. The van der Waals surface area contributed by atoms with Crippen LogP contribution in [0.15, 0.2) is 48.7 Å². The minimum absolute atomic E-state index is 0.833. The first-order chi connectivity index (χ1) is 8.75. The van der Waals surface area contributed by atoms with Crippen LogP contribution in [0.25, 0.3) is 10.9 Å².